The number of nitrogens with two attached hydrogens (primary N) is 1. The van der Waals surface area contributed by atoms with Gasteiger partial charge in [0.05, 0.1) is 20.5 Å². The Kier molecular flexibility index (Phi) is 5.41. The van der Waals surface area contributed by atoms with Crippen molar-refractivity contribution in [3.63, 3.8) is 0 Å². The third-order valence-corrected chi connectivity index (χ3v) is 3.91. The van der Waals surface area contributed by atoms with Gasteiger partial charge in [0.15, 0.2) is 0 Å². The number of nitrogens with zero attached hydrogens (tertiary/aromatic N) is 1. The molecule has 6 nitrogen and oxygen atoms in total. The molecule has 0 fully saturated rings. The first-order chi connectivity index (χ1) is 10.9. The lowest BCUT2D eigenvalue weighted by Crippen LogP contribution is -2.26. The number of non-ortho nitro benzene ring substituents is 1. The summed E-state index contributed by atoms with van der Waals surface area (Å²) in [4.78, 5) is 22.3. The minimum Gasteiger partial charge on any atom is -0.398 e. The van der Waals surface area contributed by atoms with E-state index in [1.54, 1.807) is 12.1 Å². The fourth-order valence-electron chi connectivity index (χ4n) is 1.97. The molecule has 23 heavy (non-hydrogen) atoms. The third kappa shape index (κ3) is 4.34. The number of nitrogen functional groups attached to an aromatic ring is 1. The molecule has 0 bridgehead atoms. The highest BCUT2D eigenvalue weighted by Crippen LogP contribution is 2.23. The molecule has 0 unspecified atom stereocenters. The number of anilines is 1. The number of halogens is 2. The van der Waals surface area contributed by atoms with Gasteiger partial charge in [-0.15, -0.1) is 0 Å². The quantitative estimate of drug-likeness (QED) is 0.488. The molecular formula is C15H13Cl2N3O3. The van der Waals surface area contributed by atoms with E-state index in [1.165, 1.54) is 12.1 Å². The number of amides is 1. The smallest absolute Gasteiger partial charge is 0.270 e. The lowest BCUT2D eigenvalue weighted by molar-refractivity contribution is -0.384. The van der Waals surface area contributed by atoms with Crippen LogP contribution >= 0.6 is 23.2 Å². The zero-order chi connectivity index (χ0) is 17.0. The molecule has 0 aromatic heterocycles. The van der Waals surface area contributed by atoms with Crippen molar-refractivity contribution in [1.29, 1.82) is 0 Å². The van der Waals surface area contributed by atoms with Crippen LogP contribution in [0.5, 0.6) is 0 Å². The summed E-state index contributed by atoms with van der Waals surface area (Å²) >= 11 is 11.8. The maximum absolute atomic E-state index is 12.1. The van der Waals surface area contributed by atoms with E-state index < -0.39 is 10.8 Å². The SMILES string of the molecule is Nc1ccc([N+](=O)[O-])cc1C(=O)NCCc1ccc(Cl)c(Cl)c1. The van der Waals surface area contributed by atoms with E-state index in [0.29, 0.717) is 23.0 Å². The van der Waals surface area contributed by atoms with Crippen molar-refractivity contribution in [1.82, 2.24) is 5.32 Å². The molecule has 0 saturated heterocycles. The van der Waals surface area contributed by atoms with Gasteiger partial charge in [-0.05, 0) is 30.2 Å². The maximum Gasteiger partial charge on any atom is 0.270 e. The Labute approximate surface area is 142 Å². The van der Waals surface area contributed by atoms with Gasteiger partial charge in [0, 0.05) is 24.4 Å². The molecule has 0 atom stereocenters. The molecule has 0 aliphatic carbocycles. The normalized spacial score (nSPS) is 10.3. The van der Waals surface area contributed by atoms with Gasteiger partial charge in [0.2, 0.25) is 0 Å². The van der Waals surface area contributed by atoms with Gasteiger partial charge in [-0.2, -0.15) is 0 Å². The Morgan fingerprint density at radius 3 is 2.57 bits per heavy atom. The van der Waals surface area contributed by atoms with Crippen LogP contribution < -0.4 is 11.1 Å². The van der Waals surface area contributed by atoms with Gasteiger partial charge < -0.3 is 11.1 Å². The van der Waals surface area contributed by atoms with Crippen LogP contribution in [0.2, 0.25) is 10.0 Å². The number of nitro groups is 1. The highest BCUT2D eigenvalue weighted by atomic mass is 35.5. The highest BCUT2D eigenvalue weighted by molar-refractivity contribution is 6.42. The average molecular weight is 354 g/mol. The second kappa shape index (κ2) is 7.30. The number of nitro benzene ring substituents is 1. The van der Waals surface area contributed by atoms with Crippen LogP contribution in [0.3, 0.4) is 0 Å². The summed E-state index contributed by atoms with van der Waals surface area (Å²) in [6.45, 7) is 0.332. The topological polar surface area (TPSA) is 98.3 Å². The van der Waals surface area contributed by atoms with E-state index >= 15 is 0 Å². The fourth-order valence-corrected chi connectivity index (χ4v) is 2.29. The molecule has 3 N–H and O–H groups in total. The lowest BCUT2D eigenvalue weighted by Gasteiger charge is -2.08. The van der Waals surface area contributed by atoms with Crippen molar-refractivity contribution in [2.24, 2.45) is 0 Å². The maximum atomic E-state index is 12.1. The monoisotopic (exact) mass is 353 g/mol. The minimum absolute atomic E-state index is 0.0772. The number of carbonyl (C=O) groups is 1. The van der Waals surface area contributed by atoms with Crippen molar-refractivity contribution in [3.8, 4) is 0 Å². The van der Waals surface area contributed by atoms with E-state index in [0.717, 1.165) is 11.6 Å². The summed E-state index contributed by atoms with van der Waals surface area (Å²) in [6.07, 6.45) is 0.539. The first kappa shape index (κ1) is 17.1. The predicted octanol–water partition coefficient (Wildman–Crippen LogP) is 3.46. The van der Waals surface area contributed by atoms with Crippen molar-refractivity contribution in [3.05, 3.63) is 67.7 Å². The molecule has 1 amide bonds. The Morgan fingerprint density at radius 1 is 1.17 bits per heavy atom. The zero-order valence-corrected chi connectivity index (χ0v) is 13.4. The Bertz CT molecular complexity index is 766. The van der Waals surface area contributed by atoms with Gasteiger partial charge in [0.1, 0.15) is 0 Å². The van der Waals surface area contributed by atoms with E-state index in [-0.39, 0.29) is 16.9 Å². The predicted molar refractivity (Wildman–Crippen MR) is 90.0 cm³/mol. The zero-order valence-electron chi connectivity index (χ0n) is 11.9. The number of nitrogens with one attached hydrogen (secondary N) is 1. The summed E-state index contributed by atoms with van der Waals surface area (Å²) < 4.78 is 0. The Balaban J connectivity index is 2.01. The molecule has 2 rings (SSSR count). The summed E-state index contributed by atoms with van der Waals surface area (Å²) in [5.41, 5.74) is 6.68. The largest absolute Gasteiger partial charge is 0.398 e. The molecule has 0 spiro atoms. The fraction of sp³-hybridized carbons (Fsp3) is 0.133. The number of hydrogen-bond donors (Lipinski definition) is 2. The molecule has 120 valence electrons. The second-order valence-electron chi connectivity index (χ2n) is 4.78. The van der Waals surface area contributed by atoms with Crippen molar-refractivity contribution >= 4 is 40.5 Å². The van der Waals surface area contributed by atoms with Crippen molar-refractivity contribution < 1.29 is 9.72 Å². The average Bonchev–Trinajstić information content (AvgIpc) is 2.51. The third-order valence-electron chi connectivity index (χ3n) is 3.18. The Morgan fingerprint density at radius 2 is 1.91 bits per heavy atom. The molecular weight excluding hydrogens is 341 g/mol. The number of rotatable bonds is 5. The van der Waals surface area contributed by atoms with E-state index in [9.17, 15) is 14.9 Å². The van der Waals surface area contributed by atoms with E-state index in [4.69, 9.17) is 28.9 Å². The van der Waals surface area contributed by atoms with Gasteiger partial charge in [-0.1, -0.05) is 29.3 Å². The Hall–Kier alpha value is -2.31. The van der Waals surface area contributed by atoms with Gasteiger partial charge in [-0.25, -0.2) is 0 Å². The van der Waals surface area contributed by atoms with Gasteiger partial charge >= 0.3 is 0 Å². The molecule has 0 heterocycles. The highest BCUT2D eigenvalue weighted by Gasteiger charge is 2.15. The molecule has 2 aromatic rings. The molecule has 0 aliphatic heterocycles. The van der Waals surface area contributed by atoms with E-state index in [1.807, 2.05) is 6.07 Å². The number of benzene rings is 2. The number of carbonyl (C=O) groups excluding carboxylic acids is 1. The van der Waals surface area contributed by atoms with Crippen LogP contribution in [0.4, 0.5) is 11.4 Å². The van der Waals surface area contributed by atoms with Crippen LogP contribution in [0.1, 0.15) is 15.9 Å². The molecule has 0 radical (unpaired) electrons. The molecule has 0 saturated carbocycles. The summed E-state index contributed by atoms with van der Waals surface area (Å²) in [6, 6.07) is 8.96. The summed E-state index contributed by atoms with van der Waals surface area (Å²) in [7, 11) is 0. The van der Waals surface area contributed by atoms with Crippen molar-refractivity contribution in [2.45, 2.75) is 6.42 Å². The van der Waals surface area contributed by atoms with Gasteiger partial charge in [-0.3, -0.25) is 14.9 Å². The van der Waals surface area contributed by atoms with Crippen LogP contribution in [0.15, 0.2) is 36.4 Å². The standard InChI is InChI=1S/C15H13Cl2N3O3/c16-12-3-1-9(7-13(12)17)5-6-19-15(21)11-8-10(20(22)23)2-4-14(11)18/h1-4,7-8H,5-6,18H2,(H,19,21). The summed E-state index contributed by atoms with van der Waals surface area (Å²) in [5.74, 6) is -0.466. The number of hydrogen-bond acceptors (Lipinski definition) is 4. The van der Waals surface area contributed by atoms with Gasteiger partial charge in [0.25, 0.3) is 11.6 Å². The van der Waals surface area contributed by atoms with Crippen LogP contribution in [0, 0.1) is 10.1 Å². The van der Waals surface area contributed by atoms with Crippen LogP contribution in [-0.4, -0.2) is 17.4 Å². The molecule has 0 aliphatic rings. The van der Waals surface area contributed by atoms with E-state index in [2.05, 4.69) is 5.32 Å². The van der Waals surface area contributed by atoms with Crippen LogP contribution in [0.25, 0.3) is 0 Å². The lowest BCUT2D eigenvalue weighted by atomic mass is 10.1. The summed E-state index contributed by atoms with van der Waals surface area (Å²) in [5, 5.41) is 14.3. The van der Waals surface area contributed by atoms with Crippen LogP contribution in [-0.2, 0) is 6.42 Å². The molecule has 2 aromatic carbocycles. The first-order valence-corrected chi connectivity index (χ1v) is 7.40. The minimum atomic E-state index is -0.577. The first-order valence-electron chi connectivity index (χ1n) is 6.64. The van der Waals surface area contributed by atoms with Crippen molar-refractivity contribution in [2.75, 3.05) is 12.3 Å². The second-order valence-corrected chi connectivity index (χ2v) is 5.60. The molecule has 8 heteroatoms.